The molecule has 0 aromatic heterocycles. The lowest BCUT2D eigenvalue weighted by Crippen LogP contribution is -2.19. The summed E-state index contributed by atoms with van der Waals surface area (Å²) < 4.78 is 19.3. The maximum Gasteiger partial charge on any atom is 0.172 e. The molecule has 1 N–H and O–H groups in total. The van der Waals surface area contributed by atoms with Crippen LogP contribution in [-0.4, -0.2) is 13.7 Å². The number of hydrogen-bond donors (Lipinski definition) is 1. The number of nitrogens with one attached hydrogen (secondary N) is 1. The number of rotatable bonds is 6. The Morgan fingerprint density at radius 3 is 2.38 bits per heavy atom. The SMILES string of the molecule is CCNC(CC)c1ccc(-c2cccc(OC)c2F)cc1. The predicted octanol–water partition coefficient (Wildman–Crippen LogP) is 4.56. The van der Waals surface area contributed by atoms with E-state index >= 15 is 0 Å². The summed E-state index contributed by atoms with van der Waals surface area (Å²) in [5, 5.41) is 3.44. The Bertz CT molecular complexity index is 580. The quantitative estimate of drug-likeness (QED) is 0.840. The fourth-order valence-electron chi connectivity index (χ4n) is 2.53. The van der Waals surface area contributed by atoms with Crippen molar-refractivity contribution in [3.05, 3.63) is 53.8 Å². The molecular formula is C18H22FNO. The summed E-state index contributed by atoms with van der Waals surface area (Å²) in [6.07, 6.45) is 1.03. The second kappa shape index (κ2) is 7.23. The number of halogens is 1. The van der Waals surface area contributed by atoms with E-state index in [0.717, 1.165) is 18.5 Å². The largest absolute Gasteiger partial charge is 0.494 e. The lowest BCUT2D eigenvalue weighted by molar-refractivity contribution is 0.387. The van der Waals surface area contributed by atoms with Gasteiger partial charge in [-0.25, -0.2) is 4.39 Å². The molecule has 112 valence electrons. The number of methoxy groups -OCH3 is 1. The van der Waals surface area contributed by atoms with Crippen molar-refractivity contribution in [3.8, 4) is 16.9 Å². The Labute approximate surface area is 126 Å². The lowest BCUT2D eigenvalue weighted by Gasteiger charge is -2.16. The molecule has 0 amide bonds. The summed E-state index contributed by atoms with van der Waals surface area (Å²) in [6.45, 7) is 5.19. The van der Waals surface area contributed by atoms with Gasteiger partial charge in [-0.2, -0.15) is 0 Å². The topological polar surface area (TPSA) is 21.3 Å². The van der Waals surface area contributed by atoms with Gasteiger partial charge >= 0.3 is 0 Å². The second-order valence-corrected chi connectivity index (χ2v) is 4.96. The average molecular weight is 287 g/mol. The Hall–Kier alpha value is -1.87. The van der Waals surface area contributed by atoms with Crippen LogP contribution < -0.4 is 10.1 Å². The zero-order valence-corrected chi connectivity index (χ0v) is 12.8. The number of hydrogen-bond acceptors (Lipinski definition) is 2. The van der Waals surface area contributed by atoms with E-state index in [9.17, 15) is 4.39 Å². The van der Waals surface area contributed by atoms with E-state index in [1.165, 1.54) is 12.7 Å². The van der Waals surface area contributed by atoms with Crippen LogP contribution in [0.1, 0.15) is 31.9 Å². The highest BCUT2D eigenvalue weighted by Crippen LogP contribution is 2.30. The summed E-state index contributed by atoms with van der Waals surface area (Å²) in [4.78, 5) is 0. The number of benzene rings is 2. The minimum absolute atomic E-state index is 0.274. The third-order valence-electron chi connectivity index (χ3n) is 3.67. The van der Waals surface area contributed by atoms with Crippen LogP contribution in [0, 0.1) is 5.82 Å². The molecule has 0 spiro atoms. The standard InChI is InChI=1S/C18H22FNO/c1-4-16(20-5-2)14-11-9-13(10-12-14)15-7-6-8-17(21-3)18(15)19/h6-12,16,20H,4-5H2,1-3H3. The molecule has 2 aromatic rings. The Balaban J connectivity index is 2.31. The third kappa shape index (κ3) is 3.42. The molecule has 0 heterocycles. The zero-order valence-electron chi connectivity index (χ0n) is 12.8. The molecule has 0 fully saturated rings. The molecule has 3 heteroatoms. The first-order valence-corrected chi connectivity index (χ1v) is 7.37. The van der Waals surface area contributed by atoms with Crippen LogP contribution in [0.3, 0.4) is 0 Å². The van der Waals surface area contributed by atoms with E-state index in [2.05, 4.69) is 31.3 Å². The number of ether oxygens (including phenoxy) is 1. The minimum Gasteiger partial charge on any atom is -0.494 e. The van der Waals surface area contributed by atoms with E-state index in [1.54, 1.807) is 18.2 Å². The molecule has 2 rings (SSSR count). The van der Waals surface area contributed by atoms with Gasteiger partial charge in [-0.3, -0.25) is 0 Å². The second-order valence-electron chi connectivity index (χ2n) is 4.96. The minimum atomic E-state index is -0.313. The Kier molecular flexibility index (Phi) is 5.34. The smallest absolute Gasteiger partial charge is 0.172 e. The Morgan fingerprint density at radius 1 is 1.10 bits per heavy atom. The first kappa shape index (κ1) is 15.5. The monoisotopic (exact) mass is 287 g/mol. The van der Waals surface area contributed by atoms with E-state index < -0.39 is 0 Å². The molecule has 0 aliphatic carbocycles. The van der Waals surface area contributed by atoms with Crippen molar-refractivity contribution >= 4 is 0 Å². The first-order valence-electron chi connectivity index (χ1n) is 7.37. The predicted molar refractivity (Wildman–Crippen MR) is 85.1 cm³/mol. The van der Waals surface area contributed by atoms with E-state index in [1.807, 2.05) is 12.1 Å². The molecule has 21 heavy (non-hydrogen) atoms. The van der Waals surface area contributed by atoms with Crippen molar-refractivity contribution in [2.75, 3.05) is 13.7 Å². The van der Waals surface area contributed by atoms with Crippen molar-refractivity contribution in [2.24, 2.45) is 0 Å². The average Bonchev–Trinajstić information content (AvgIpc) is 2.53. The third-order valence-corrected chi connectivity index (χ3v) is 3.67. The normalized spacial score (nSPS) is 12.2. The maximum atomic E-state index is 14.3. The molecule has 0 saturated carbocycles. The van der Waals surface area contributed by atoms with Crippen LogP contribution in [0.25, 0.3) is 11.1 Å². The summed E-state index contributed by atoms with van der Waals surface area (Å²) in [7, 11) is 1.48. The van der Waals surface area contributed by atoms with Gasteiger partial charge in [-0.05, 0) is 30.2 Å². The Morgan fingerprint density at radius 2 is 1.81 bits per heavy atom. The van der Waals surface area contributed by atoms with E-state index in [-0.39, 0.29) is 11.6 Å². The van der Waals surface area contributed by atoms with Crippen LogP contribution in [0.2, 0.25) is 0 Å². The molecule has 0 aliphatic heterocycles. The molecule has 0 aliphatic rings. The van der Waals surface area contributed by atoms with Crippen molar-refractivity contribution in [2.45, 2.75) is 26.3 Å². The molecule has 0 bridgehead atoms. The summed E-state index contributed by atoms with van der Waals surface area (Å²) in [5.41, 5.74) is 2.66. The van der Waals surface area contributed by atoms with Gasteiger partial charge in [0.25, 0.3) is 0 Å². The summed E-state index contributed by atoms with van der Waals surface area (Å²) >= 11 is 0. The van der Waals surface area contributed by atoms with Crippen molar-refractivity contribution in [1.29, 1.82) is 0 Å². The van der Waals surface area contributed by atoms with Crippen molar-refractivity contribution in [1.82, 2.24) is 5.32 Å². The fourth-order valence-corrected chi connectivity index (χ4v) is 2.53. The highest BCUT2D eigenvalue weighted by molar-refractivity contribution is 5.66. The van der Waals surface area contributed by atoms with E-state index in [0.29, 0.717) is 11.6 Å². The van der Waals surface area contributed by atoms with Gasteiger partial charge in [0.05, 0.1) is 7.11 Å². The summed E-state index contributed by atoms with van der Waals surface area (Å²) in [6, 6.07) is 13.6. The van der Waals surface area contributed by atoms with Crippen molar-refractivity contribution in [3.63, 3.8) is 0 Å². The van der Waals surface area contributed by atoms with Gasteiger partial charge in [0.15, 0.2) is 11.6 Å². The van der Waals surface area contributed by atoms with Gasteiger partial charge < -0.3 is 10.1 Å². The van der Waals surface area contributed by atoms with Crippen LogP contribution in [0.15, 0.2) is 42.5 Å². The van der Waals surface area contributed by atoms with Gasteiger partial charge in [-0.1, -0.05) is 50.2 Å². The molecule has 0 radical (unpaired) electrons. The van der Waals surface area contributed by atoms with Crippen LogP contribution in [0.4, 0.5) is 4.39 Å². The van der Waals surface area contributed by atoms with Crippen LogP contribution in [-0.2, 0) is 0 Å². The zero-order chi connectivity index (χ0) is 15.2. The lowest BCUT2D eigenvalue weighted by atomic mass is 9.99. The van der Waals surface area contributed by atoms with Crippen LogP contribution in [0.5, 0.6) is 5.75 Å². The highest BCUT2D eigenvalue weighted by Gasteiger charge is 2.12. The first-order chi connectivity index (χ1) is 10.2. The molecule has 1 atom stereocenters. The highest BCUT2D eigenvalue weighted by atomic mass is 19.1. The molecular weight excluding hydrogens is 265 g/mol. The maximum absolute atomic E-state index is 14.3. The summed E-state index contributed by atoms with van der Waals surface area (Å²) in [5.74, 6) is -0.0397. The molecule has 2 aromatic carbocycles. The van der Waals surface area contributed by atoms with Gasteiger partial charge in [0.1, 0.15) is 0 Å². The van der Waals surface area contributed by atoms with Gasteiger partial charge in [0, 0.05) is 11.6 Å². The van der Waals surface area contributed by atoms with Crippen LogP contribution >= 0.6 is 0 Å². The van der Waals surface area contributed by atoms with Gasteiger partial charge in [0.2, 0.25) is 0 Å². The molecule has 1 unspecified atom stereocenters. The fraction of sp³-hybridized carbons (Fsp3) is 0.333. The van der Waals surface area contributed by atoms with E-state index in [4.69, 9.17) is 4.74 Å². The molecule has 2 nitrogen and oxygen atoms in total. The molecule has 0 saturated heterocycles. The van der Waals surface area contributed by atoms with Crippen molar-refractivity contribution < 1.29 is 9.13 Å². The van der Waals surface area contributed by atoms with Gasteiger partial charge in [-0.15, -0.1) is 0 Å².